The van der Waals surface area contributed by atoms with Gasteiger partial charge in [-0.3, -0.25) is 4.98 Å². The van der Waals surface area contributed by atoms with Gasteiger partial charge in [0.15, 0.2) is 0 Å². The molecule has 2 heteroatoms. The number of halogens is 1. The van der Waals surface area contributed by atoms with Gasteiger partial charge in [0.2, 0.25) is 0 Å². The molecule has 0 fully saturated rings. The van der Waals surface area contributed by atoms with Gasteiger partial charge in [0.25, 0.3) is 0 Å². The number of rotatable bonds is 2. The van der Waals surface area contributed by atoms with Crippen molar-refractivity contribution in [3.05, 3.63) is 27.1 Å². The summed E-state index contributed by atoms with van der Waals surface area (Å²) >= 11 is 2.41. The maximum Gasteiger partial charge on any atom is 0.0565 e. The number of hydrogen-bond acceptors (Lipinski definition) is 1. The first-order valence-corrected chi connectivity index (χ1v) is 5.76. The van der Waals surface area contributed by atoms with Gasteiger partial charge in [0, 0.05) is 9.77 Å². The Labute approximate surface area is 94.1 Å². The fourth-order valence-electron chi connectivity index (χ4n) is 1.32. The van der Waals surface area contributed by atoms with E-state index in [0.717, 1.165) is 0 Å². The third kappa shape index (κ3) is 2.42. The second kappa shape index (κ2) is 4.40. The highest BCUT2D eigenvalue weighted by atomic mass is 127. The van der Waals surface area contributed by atoms with E-state index in [-0.39, 0.29) is 0 Å². The Kier molecular flexibility index (Phi) is 3.71. The molecule has 0 bridgehead atoms. The molecule has 0 unspecified atom stereocenters. The van der Waals surface area contributed by atoms with Crippen molar-refractivity contribution in [3.63, 3.8) is 0 Å². The van der Waals surface area contributed by atoms with Gasteiger partial charge in [-0.05, 0) is 46.1 Å². The van der Waals surface area contributed by atoms with Gasteiger partial charge in [0.1, 0.15) is 0 Å². The largest absolute Gasteiger partial charge is 0.260 e. The van der Waals surface area contributed by atoms with Crippen molar-refractivity contribution in [2.75, 3.05) is 0 Å². The average Bonchev–Trinajstić information content (AvgIpc) is 2.03. The lowest BCUT2D eigenvalue weighted by Gasteiger charge is -2.13. The van der Waals surface area contributed by atoms with Crippen LogP contribution in [0, 0.1) is 3.57 Å². The number of aromatic nitrogens is 1. The molecule has 1 heterocycles. The maximum absolute atomic E-state index is 4.41. The summed E-state index contributed by atoms with van der Waals surface area (Å²) in [6, 6.07) is 2.12. The van der Waals surface area contributed by atoms with E-state index in [1.54, 1.807) is 0 Å². The monoisotopic (exact) mass is 289 g/mol. The van der Waals surface area contributed by atoms with E-state index in [0.29, 0.717) is 11.8 Å². The van der Waals surface area contributed by atoms with Gasteiger partial charge in [-0.15, -0.1) is 0 Å². The van der Waals surface area contributed by atoms with Gasteiger partial charge in [-0.2, -0.15) is 0 Å². The van der Waals surface area contributed by atoms with Crippen molar-refractivity contribution in [2.45, 2.75) is 39.5 Å². The Morgan fingerprint density at radius 1 is 1.15 bits per heavy atom. The quantitative estimate of drug-likeness (QED) is 0.752. The lowest BCUT2D eigenvalue weighted by atomic mass is 10.0. The van der Waals surface area contributed by atoms with Crippen LogP contribution in [0.15, 0.2) is 12.3 Å². The van der Waals surface area contributed by atoms with Crippen LogP contribution in [0.1, 0.15) is 50.8 Å². The topological polar surface area (TPSA) is 12.9 Å². The maximum atomic E-state index is 4.41. The van der Waals surface area contributed by atoms with Crippen LogP contribution < -0.4 is 0 Å². The van der Waals surface area contributed by atoms with Crippen molar-refractivity contribution in [1.29, 1.82) is 0 Å². The summed E-state index contributed by atoms with van der Waals surface area (Å²) in [5.41, 5.74) is 2.64. The van der Waals surface area contributed by atoms with Crippen LogP contribution >= 0.6 is 22.6 Å². The molecule has 1 rings (SSSR count). The van der Waals surface area contributed by atoms with Gasteiger partial charge in [-0.25, -0.2) is 0 Å². The first kappa shape index (κ1) is 11.0. The summed E-state index contributed by atoms with van der Waals surface area (Å²) in [5, 5.41) is 0. The number of nitrogens with zero attached hydrogens (tertiary/aromatic N) is 1. The highest BCUT2D eigenvalue weighted by Gasteiger charge is 2.11. The molecule has 0 saturated carbocycles. The highest BCUT2D eigenvalue weighted by Crippen LogP contribution is 2.26. The van der Waals surface area contributed by atoms with Crippen LogP contribution in [0.3, 0.4) is 0 Å². The van der Waals surface area contributed by atoms with E-state index in [1.165, 1.54) is 14.8 Å². The summed E-state index contributed by atoms with van der Waals surface area (Å²) in [5.74, 6) is 1.11. The minimum absolute atomic E-state index is 0.519. The molecule has 0 amide bonds. The van der Waals surface area contributed by atoms with Gasteiger partial charge < -0.3 is 0 Å². The normalized spacial score (nSPS) is 11.3. The van der Waals surface area contributed by atoms with E-state index in [1.807, 2.05) is 6.20 Å². The Hall–Kier alpha value is -0.120. The van der Waals surface area contributed by atoms with Crippen molar-refractivity contribution in [3.8, 4) is 0 Å². The van der Waals surface area contributed by atoms with Gasteiger partial charge >= 0.3 is 0 Å². The fourth-order valence-corrected chi connectivity index (χ4v) is 2.89. The van der Waals surface area contributed by atoms with E-state index in [4.69, 9.17) is 0 Å². The predicted octanol–water partition coefficient (Wildman–Crippen LogP) is 3.93. The smallest absolute Gasteiger partial charge is 0.0565 e. The molecule has 0 aromatic carbocycles. The van der Waals surface area contributed by atoms with Crippen molar-refractivity contribution >= 4 is 22.6 Å². The van der Waals surface area contributed by atoms with Gasteiger partial charge in [0.05, 0.1) is 5.69 Å². The third-order valence-electron chi connectivity index (χ3n) is 2.11. The van der Waals surface area contributed by atoms with Crippen LogP contribution in [-0.2, 0) is 0 Å². The van der Waals surface area contributed by atoms with Crippen LogP contribution in [0.4, 0.5) is 0 Å². The lowest BCUT2D eigenvalue weighted by molar-refractivity contribution is 0.788. The molecule has 0 radical (unpaired) electrons. The van der Waals surface area contributed by atoms with Crippen molar-refractivity contribution in [1.82, 2.24) is 4.98 Å². The summed E-state index contributed by atoms with van der Waals surface area (Å²) < 4.78 is 1.34. The van der Waals surface area contributed by atoms with Crippen LogP contribution in [0.5, 0.6) is 0 Å². The fraction of sp³-hybridized carbons (Fsp3) is 0.545. The zero-order valence-corrected chi connectivity index (χ0v) is 10.8. The molecule has 0 spiro atoms. The Balaban J connectivity index is 3.18. The molecule has 1 nitrogen and oxygen atoms in total. The molecular weight excluding hydrogens is 273 g/mol. The molecule has 0 aliphatic heterocycles. The first-order valence-electron chi connectivity index (χ1n) is 4.68. The summed E-state index contributed by atoms with van der Waals surface area (Å²) in [4.78, 5) is 4.41. The highest BCUT2D eigenvalue weighted by molar-refractivity contribution is 14.1. The van der Waals surface area contributed by atoms with Crippen LogP contribution in [0.25, 0.3) is 0 Å². The molecule has 0 aliphatic carbocycles. The number of pyridine rings is 1. The van der Waals surface area contributed by atoms with Crippen molar-refractivity contribution < 1.29 is 0 Å². The predicted molar refractivity (Wildman–Crippen MR) is 65.1 cm³/mol. The Morgan fingerprint density at radius 2 is 1.77 bits per heavy atom. The van der Waals surface area contributed by atoms with Crippen molar-refractivity contribution in [2.24, 2.45) is 0 Å². The van der Waals surface area contributed by atoms with Crippen LogP contribution in [-0.4, -0.2) is 4.98 Å². The molecular formula is C11H16IN. The molecule has 1 aromatic heterocycles. The first-order chi connectivity index (χ1) is 6.04. The molecule has 0 N–H and O–H groups in total. The molecule has 0 saturated heterocycles. The Morgan fingerprint density at radius 3 is 2.23 bits per heavy atom. The molecule has 0 atom stereocenters. The Bertz CT molecular complexity index is 266. The second-order valence-electron chi connectivity index (χ2n) is 3.91. The van der Waals surface area contributed by atoms with Crippen LogP contribution in [0.2, 0.25) is 0 Å². The van der Waals surface area contributed by atoms with E-state index in [2.05, 4.69) is 61.3 Å². The minimum Gasteiger partial charge on any atom is -0.260 e. The SMILES string of the molecule is CC(C)c1ccnc(C(C)C)c1I. The average molecular weight is 289 g/mol. The number of hydrogen-bond donors (Lipinski definition) is 0. The molecule has 72 valence electrons. The minimum atomic E-state index is 0.519. The molecule has 13 heavy (non-hydrogen) atoms. The lowest BCUT2D eigenvalue weighted by Crippen LogP contribution is -2.01. The molecule has 0 aliphatic rings. The molecule has 1 aromatic rings. The zero-order chi connectivity index (χ0) is 10.0. The summed E-state index contributed by atoms with van der Waals surface area (Å²) in [7, 11) is 0. The van der Waals surface area contributed by atoms with E-state index < -0.39 is 0 Å². The summed E-state index contributed by atoms with van der Waals surface area (Å²) in [6.07, 6.45) is 1.92. The van der Waals surface area contributed by atoms with Gasteiger partial charge in [-0.1, -0.05) is 27.7 Å². The zero-order valence-electron chi connectivity index (χ0n) is 8.63. The van der Waals surface area contributed by atoms with E-state index in [9.17, 15) is 0 Å². The second-order valence-corrected chi connectivity index (χ2v) is 4.99. The summed E-state index contributed by atoms with van der Waals surface area (Å²) in [6.45, 7) is 8.83. The standard InChI is InChI=1S/C11H16IN/c1-7(2)9-5-6-13-11(8(3)4)10(9)12/h5-8H,1-4H3. The third-order valence-corrected chi connectivity index (χ3v) is 3.29. The van der Waals surface area contributed by atoms with E-state index >= 15 is 0 Å².